The summed E-state index contributed by atoms with van der Waals surface area (Å²) in [6.45, 7) is 2.76. The fourth-order valence-electron chi connectivity index (χ4n) is 1.87. The molecule has 0 radical (unpaired) electrons. The molecule has 0 aliphatic rings. The van der Waals surface area contributed by atoms with Crippen LogP contribution in [0.15, 0.2) is 24.5 Å². The molecule has 6 heteroatoms. The molecule has 0 spiro atoms. The Labute approximate surface area is 117 Å². The van der Waals surface area contributed by atoms with Crippen molar-refractivity contribution in [2.75, 3.05) is 7.11 Å². The molecule has 1 atom stereocenters. The number of benzene rings is 1. The Balaban J connectivity index is 1.99. The molecule has 1 N–H and O–H groups in total. The Morgan fingerprint density at radius 1 is 1.47 bits per heavy atom. The van der Waals surface area contributed by atoms with Gasteiger partial charge in [-0.25, -0.2) is 0 Å². The smallest absolute Gasteiger partial charge is 0.149 e. The number of hydrogen-bond acceptors (Lipinski definition) is 4. The monoisotopic (exact) mass is 280 g/mol. The van der Waals surface area contributed by atoms with Crippen LogP contribution in [0.3, 0.4) is 0 Å². The van der Waals surface area contributed by atoms with Crippen LogP contribution in [0.2, 0.25) is 5.02 Å². The third kappa shape index (κ3) is 3.24. The van der Waals surface area contributed by atoms with Crippen LogP contribution in [0.1, 0.15) is 24.4 Å². The van der Waals surface area contributed by atoms with Crippen molar-refractivity contribution >= 4 is 11.6 Å². The van der Waals surface area contributed by atoms with Gasteiger partial charge < -0.3 is 14.6 Å². The van der Waals surface area contributed by atoms with E-state index >= 15 is 0 Å². The van der Waals surface area contributed by atoms with E-state index in [0.717, 1.165) is 11.4 Å². The predicted molar refractivity (Wildman–Crippen MR) is 74.3 cm³/mol. The van der Waals surface area contributed by atoms with Gasteiger partial charge in [-0.3, -0.25) is 0 Å². The summed E-state index contributed by atoms with van der Waals surface area (Å²) >= 11 is 6.09. The molecule has 0 aliphatic heterocycles. The Morgan fingerprint density at radius 2 is 2.26 bits per heavy atom. The van der Waals surface area contributed by atoms with E-state index in [1.165, 1.54) is 0 Å². The van der Waals surface area contributed by atoms with Gasteiger partial charge in [0.05, 0.1) is 18.2 Å². The third-order valence-corrected chi connectivity index (χ3v) is 3.26. The van der Waals surface area contributed by atoms with Crippen molar-refractivity contribution in [3.05, 3.63) is 40.9 Å². The number of nitrogens with zero attached hydrogens (tertiary/aromatic N) is 3. The van der Waals surface area contributed by atoms with Crippen LogP contribution in [0.25, 0.3) is 0 Å². The van der Waals surface area contributed by atoms with Gasteiger partial charge in [-0.2, -0.15) is 0 Å². The number of nitrogens with one attached hydrogen (secondary N) is 1. The van der Waals surface area contributed by atoms with Crippen molar-refractivity contribution in [2.45, 2.75) is 19.5 Å². The van der Waals surface area contributed by atoms with Crippen LogP contribution in [-0.2, 0) is 13.6 Å². The number of aryl methyl sites for hydroxylation is 1. The second-order valence-electron chi connectivity index (χ2n) is 4.37. The van der Waals surface area contributed by atoms with Crippen LogP contribution in [-0.4, -0.2) is 21.9 Å². The van der Waals surface area contributed by atoms with E-state index in [4.69, 9.17) is 16.3 Å². The number of hydrogen-bond donors (Lipinski definition) is 1. The van der Waals surface area contributed by atoms with Crippen molar-refractivity contribution in [2.24, 2.45) is 7.05 Å². The van der Waals surface area contributed by atoms with E-state index in [0.29, 0.717) is 17.3 Å². The Hall–Kier alpha value is -1.59. The van der Waals surface area contributed by atoms with E-state index < -0.39 is 0 Å². The normalized spacial score (nSPS) is 12.4. The maximum Gasteiger partial charge on any atom is 0.149 e. The Bertz CT molecular complexity index is 555. The fourth-order valence-corrected chi connectivity index (χ4v) is 2.15. The highest BCUT2D eigenvalue weighted by atomic mass is 35.5. The molecule has 1 heterocycles. The van der Waals surface area contributed by atoms with Crippen molar-refractivity contribution < 1.29 is 4.74 Å². The SMILES string of the molecule is COc1ccc(CNC(C)c2nncn2C)cc1Cl. The maximum absolute atomic E-state index is 6.09. The number of rotatable bonds is 5. The molecule has 1 unspecified atom stereocenters. The first-order chi connectivity index (χ1) is 9.11. The molecule has 1 aromatic heterocycles. The molecule has 0 amide bonds. The second-order valence-corrected chi connectivity index (χ2v) is 4.78. The average molecular weight is 281 g/mol. The van der Waals surface area contributed by atoms with Gasteiger partial charge in [0.2, 0.25) is 0 Å². The lowest BCUT2D eigenvalue weighted by Gasteiger charge is -2.13. The molecule has 2 rings (SSSR count). The summed E-state index contributed by atoms with van der Waals surface area (Å²) in [5, 5.41) is 11.9. The lowest BCUT2D eigenvalue weighted by molar-refractivity contribution is 0.414. The van der Waals surface area contributed by atoms with Gasteiger partial charge in [-0.15, -0.1) is 10.2 Å². The zero-order valence-electron chi connectivity index (χ0n) is 11.2. The fraction of sp³-hybridized carbons (Fsp3) is 0.385. The molecular weight excluding hydrogens is 264 g/mol. The first-order valence-electron chi connectivity index (χ1n) is 6.01. The summed E-state index contributed by atoms with van der Waals surface area (Å²) < 4.78 is 7.03. The van der Waals surface area contributed by atoms with Crippen LogP contribution in [0.4, 0.5) is 0 Å². The molecule has 1 aromatic carbocycles. The number of methoxy groups -OCH3 is 1. The van der Waals surface area contributed by atoms with Crippen LogP contribution >= 0.6 is 11.6 Å². The summed E-state index contributed by atoms with van der Waals surface area (Å²) in [5.74, 6) is 1.59. The van der Waals surface area contributed by atoms with Crippen LogP contribution in [0, 0.1) is 0 Å². The first-order valence-corrected chi connectivity index (χ1v) is 6.39. The summed E-state index contributed by atoms with van der Waals surface area (Å²) in [6, 6.07) is 5.87. The summed E-state index contributed by atoms with van der Waals surface area (Å²) in [7, 11) is 3.53. The molecule has 5 nitrogen and oxygen atoms in total. The van der Waals surface area contributed by atoms with Gasteiger partial charge in [0.15, 0.2) is 0 Å². The highest BCUT2D eigenvalue weighted by molar-refractivity contribution is 6.32. The lowest BCUT2D eigenvalue weighted by Crippen LogP contribution is -2.21. The second kappa shape index (κ2) is 6.04. The summed E-state index contributed by atoms with van der Waals surface area (Å²) in [6.07, 6.45) is 1.69. The Morgan fingerprint density at radius 3 is 2.84 bits per heavy atom. The van der Waals surface area contributed by atoms with Crippen molar-refractivity contribution in [1.82, 2.24) is 20.1 Å². The summed E-state index contributed by atoms with van der Waals surface area (Å²) in [4.78, 5) is 0. The van der Waals surface area contributed by atoms with E-state index in [-0.39, 0.29) is 6.04 Å². The molecule has 0 saturated heterocycles. The van der Waals surface area contributed by atoms with Crippen molar-refractivity contribution in [3.63, 3.8) is 0 Å². The summed E-state index contributed by atoms with van der Waals surface area (Å²) in [5.41, 5.74) is 1.10. The van der Waals surface area contributed by atoms with Crippen molar-refractivity contribution in [3.8, 4) is 5.75 Å². The molecule has 2 aromatic rings. The van der Waals surface area contributed by atoms with Gasteiger partial charge in [-0.1, -0.05) is 17.7 Å². The number of aromatic nitrogens is 3. The average Bonchev–Trinajstić information content (AvgIpc) is 2.82. The quantitative estimate of drug-likeness (QED) is 0.913. The van der Waals surface area contributed by atoms with E-state index in [2.05, 4.69) is 22.4 Å². The third-order valence-electron chi connectivity index (χ3n) is 2.96. The topological polar surface area (TPSA) is 52.0 Å². The standard InChI is InChI=1S/C13H17ClN4O/c1-9(13-17-16-8-18(13)2)15-7-10-4-5-12(19-3)11(14)6-10/h4-6,8-9,15H,7H2,1-3H3. The number of ether oxygens (including phenoxy) is 1. The minimum Gasteiger partial charge on any atom is -0.495 e. The van der Waals surface area contributed by atoms with E-state index in [9.17, 15) is 0 Å². The van der Waals surface area contributed by atoms with Gasteiger partial charge >= 0.3 is 0 Å². The molecule has 19 heavy (non-hydrogen) atoms. The molecule has 0 bridgehead atoms. The van der Waals surface area contributed by atoms with Gasteiger partial charge in [-0.05, 0) is 24.6 Å². The molecule has 0 aliphatic carbocycles. The minimum absolute atomic E-state index is 0.119. The lowest BCUT2D eigenvalue weighted by atomic mass is 10.2. The number of halogens is 1. The highest BCUT2D eigenvalue weighted by Gasteiger charge is 2.10. The molecule has 102 valence electrons. The highest BCUT2D eigenvalue weighted by Crippen LogP contribution is 2.25. The van der Waals surface area contributed by atoms with Crippen LogP contribution < -0.4 is 10.1 Å². The van der Waals surface area contributed by atoms with Gasteiger partial charge in [0.1, 0.15) is 17.9 Å². The van der Waals surface area contributed by atoms with Gasteiger partial charge in [0, 0.05) is 13.6 Å². The van der Waals surface area contributed by atoms with E-state index in [1.807, 2.05) is 29.8 Å². The first kappa shape index (κ1) is 13.8. The molecule has 0 saturated carbocycles. The zero-order valence-corrected chi connectivity index (χ0v) is 12.0. The molecular formula is C13H17ClN4O. The largest absolute Gasteiger partial charge is 0.495 e. The Kier molecular flexibility index (Phi) is 4.39. The molecule has 0 fully saturated rings. The van der Waals surface area contributed by atoms with E-state index in [1.54, 1.807) is 13.4 Å². The minimum atomic E-state index is 0.119. The van der Waals surface area contributed by atoms with Crippen molar-refractivity contribution in [1.29, 1.82) is 0 Å². The van der Waals surface area contributed by atoms with Gasteiger partial charge in [0.25, 0.3) is 0 Å². The maximum atomic E-state index is 6.09. The van der Waals surface area contributed by atoms with Crippen LogP contribution in [0.5, 0.6) is 5.75 Å². The zero-order chi connectivity index (χ0) is 13.8. The predicted octanol–water partition coefficient (Wildman–Crippen LogP) is 2.33.